The molecule has 1 rings (SSSR count). The van der Waals surface area contributed by atoms with Crippen LogP contribution in [0.4, 0.5) is 0 Å². The molecule has 0 aliphatic heterocycles. The second-order valence-corrected chi connectivity index (χ2v) is 5.14. The van der Waals surface area contributed by atoms with E-state index in [4.69, 9.17) is 10.2 Å². The molecule has 0 fully saturated rings. The molecule has 1 aromatic heterocycles. The zero-order valence-electron chi connectivity index (χ0n) is 10.9. The predicted octanol–water partition coefficient (Wildman–Crippen LogP) is 1.23. The first-order valence-electron chi connectivity index (χ1n) is 5.81. The minimum atomic E-state index is -0.539. The van der Waals surface area contributed by atoms with Gasteiger partial charge in [-0.1, -0.05) is 27.7 Å². The number of aromatic nitrogens is 1. The first-order valence-corrected chi connectivity index (χ1v) is 5.81. The van der Waals surface area contributed by atoms with Crippen molar-refractivity contribution in [3.63, 3.8) is 0 Å². The molecule has 1 amide bonds. The van der Waals surface area contributed by atoms with E-state index in [2.05, 4.69) is 10.3 Å². The summed E-state index contributed by atoms with van der Waals surface area (Å²) < 4.78 is 5.38. The standard InChI is InChI=1S/C12H21N3O2/c1-5-8-6-14-9(17-8)7-15-11(16)10(13)12(2,3)4/h6,10H,5,7,13H2,1-4H3,(H,15,16). The summed E-state index contributed by atoms with van der Waals surface area (Å²) in [5.74, 6) is 1.14. The minimum absolute atomic E-state index is 0.186. The van der Waals surface area contributed by atoms with E-state index >= 15 is 0 Å². The number of hydrogen-bond donors (Lipinski definition) is 2. The highest BCUT2D eigenvalue weighted by Gasteiger charge is 2.27. The van der Waals surface area contributed by atoms with E-state index in [1.54, 1.807) is 6.20 Å². The van der Waals surface area contributed by atoms with E-state index in [0.717, 1.165) is 12.2 Å². The molecule has 0 aromatic carbocycles. The number of hydrogen-bond acceptors (Lipinski definition) is 4. The van der Waals surface area contributed by atoms with Gasteiger partial charge in [0.2, 0.25) is 11.8 Å². The van der Waals surface area contributed by atoms with Crippen LogP contribution >= 0.6 is 0 Å². The largest absolute Gasteiger partial charge is 0.444 e. The Hall–Kier alpha value is -1.36. The van der Waals surface area contributed by atoms with Crippen LogP contribution in [0, 0.1) is 5.41 Å². The average Bonchev–Trinajstić information content (AvgIpc) is 2.71. The molecule has 0 spiro atoms. The molecule has 1 aromatic rings. The molecule has 0 aliphatic carbocycles. The average molecular weight is 239 g/mol. The smallest absolute Gasteiger partial charge is 0.237 e. The molecule has 17 heavy (non-hydrogen) atoms. The summed E-state index contributed by atoms with van der Waals surface area (Å²) in [6.07, 6.45) is 2.47. The van der Waals surface area contributed by atoms with Crippen LogP contribution in [0.2, 0.25) is 0 Å². The Labute approximate surface area is 102 Å². The van der Waals surface area contributed by atoms with Gasteiger partial charge in [-0.3, -0.25) is 4.79 Å². The van der Waals surface area contributed by atoms with Crippen molar-refractivity contribution in [3.05, 3.63) is 17.8 Å². The maximum atomic E-state index is 11.7. The lowest BCUT2D eigenvalue weighted by Crippen LogP contribution is -2.48. The first-order chi connectivity index (χ1) is 7.84. The third-order valence-electron chi connectivity index (χ3n) is 2.58. The molecule has 96 valence electrons. The van der Waals surface area contributed by atoms with Crippen LogP contribution in [0.25, 0.3) is 0 Å². The number of rotatable bonds is 4. The van der Waals surface area contributed by atoms with Crippen LogP contribution in [0.15, 0.2) is 10.6 Å². The number of aryl methyl sites for hydroxylation is 1. The van der Waals surface area contributed by atoms with Gasteiger partial charge in [-0.25, -0.2) is 4.98 Å². The first kappa shape index (κ1) is 13.7. The fourth-order valence-corrected chi connectivity index (χ4v) is 1.26. The van der Waals surface area contributed by atoms with Crippen molar-refractivity contribution < 1.29 is 9.21 Å². The maximum Gasteiger partial charge on any atom is 0.237 e. The molecular weight excluding hydrogens is 218 g/mol. The van der Waals surface area contributed by atoms with Crippen molar-refractivity contribution in [3.8, 4) is 0 Å². The van der Waals surface area contributed by atoms with Crippen molar-refractivity contribution in [2.24, 2.45) is 11.1 Å². The van der Waals surface area contributed by atoms with E-state index in [0.29, 0.717) is 5.89 Å². The van der Waals surface area contributed by atoms with Gasteiger partial charge in [0.25, 0.3) is 0 Å². The zero-order chi connectivity index (χ0) is 13.1. The summed E-state index contributed by atoms with van der Waals surface area (Å²) in [5.41, 5.74) is 5.57. The normalized spacial score (nSPS) is 13.5. The molecule has 0 saturated carbocycles. The SMILES string of the molecule is CCc1cnc(CNC(=O)C(N)C(C)(C)C)o1. The Balaban J connectivity index is 2.48. The fraction of sp³-hybridized carbons (Fsp3) is 0.667. The Morgan fingerprint density at radius 2 is 2.24 bits per heavy atom. The summed E-state index contributed by atoms with van der Waals surface area (Å²) in [5, 5.41) is 2.72. The van der Waals surface area contributed by atoms with Crippen molar-refractivity contribution in [2.75, 3.05) is 0 Å². The molecule has 0 aliphatic rings. The molecule has 0 bridgehead atoms. The second-order valence-electron chi connectivity index (χ2n) is 5.14. The van der Waals surface area contributed by atoms with Crippen LogP contribution in [0.5, 0.6) is 0 Å². The lowest BCUT2D eigenvalue weighted by atomic mass is 9.87. The highest BCUT2D eigenvalue weighted by atomic mass is 16.4. The molecule has 1 heterocycles. The molecular formula is C12H21N3O2. The number of carbonyl (C=O) groups excluding carboxylic acids is 1. The zero-order valence-corrected chi connectivity index (χ0v) is 10.9. The van der Waals surface area contributed by atoms with Crippen molar-refractivity contribution >= 4 is 5.91 Å². The van der Waals surface area contributed by atoms with E-state index in [-0.39, 0.29) is 17.9 Å². The minimum Gasteiger partial charge on any atom is -0.444 e. The Kier molecular flexibility index (Phi) is 4.28. The van der Waals surface area contributed by atoms with Crippen LogP contribution in [0.1, 0.15) is 39.3 Å². The number of nitrogens with zero attached hydrogens (tertiary/aromatic N) is 1. The molecule has 5 nitrogen and oxygen atoms in total. The third kappa shape index (κ3) is 3.85. The Morgan fingerprint density at radius 3 is 2.71 bits per heavy atom. The fourth-order valence-electron chi connectivity index (χ4n) is 1.26. The summed E-state index contributed by atoms with van der Waals surface area (Å²) in [6.45, 7) is 8.05. The maximum absolute atomic E-state index is 11.7. The monoisotopic (exact) mass is 239 g/mol. The van der Waals surface area contributed by atoms with Gasteiger partial charge < -0.3 is 15.5 Å². The number of nitrogens with one attached hydrogen (secondary N) is 1. The Morgan fingerprint density at radius 1 is 1.59 bits per heavy atom. The van der Waals surface area contributed by atoms with Crippen LogP contribution in [0.3, 0.4) is 0 Å². The lowest BCUT2D eigenvalue weighted by molar-refractivity contribution is -0.124. The van der Waals surface area contributed by atoms with Gasteiger partial charge in [0.1, 0.15) is 5.76 Å². The quantitative estimate of drug-likeness (QED) is 0.828. The van der Waals surface area contributed by atoms with E-state index in [1.807, 2.05) is 27.7 Å². The van der Waals surface area contributed by atoms with Crippen molar-refractivity contribution in [1.82, 2.24) is 10.3 Å². The highest BCUT2D eigenvalue weighted by molar-refractivity contribution is 5.82. The molecule has 0 radical (unpaired) electrons. The molecule has 5 heteroatoms. The molecule has 1 atom stereocenters. The summed E-state index contributed by atoms with van der Waals surface area (Å²) >= 11 is 0. The van der Waals surface area contributed by atoms with Crippen molar-refractivity contribution in [1.29, 1.82) is 0 Å². The Bertz CT molecular complexity index is 379. The number of nitrogens with two attached hydrogens (primary N) is 1. The van der Waals surface area contributed by atoms with Gasteiger partial charge in [0.05, 0.1) is 18.8 Å². The topological polar surface area (TPSA) is 81.2 Å². The van der Waals surface area contributed by atoms with Crippen LogP contribution in [-0.2, 0) is 17.8 Å². The van der Waals surface area contributed by atoms with Crippen LogP contribution < -0.4 is 11.1 Å². The third-order valence-corrected chi connectivity index (χ3v) is 2.58. The van der Waals surface area contributed by atoms with Gasteiger partial charge in [-0.05, 0) is 5.41 Å². The van der Waals surface area contributed by atoms with E-state index in [9.17, 15) is 4.79 Å². The van der Waals surface area contributed by atoms with Gasteiger partial charge in [-0.15, -0.1) is 0 Å². The molecule has 0 saturated heterocycles. The molecule has 3 N–H and O–H groups in total. The van der Waals surface area contributed by atoms with Gasteiger partial charge in [-0.2, -0.15) is 0 Å². The van der Waals surface area contributed by atoms with Gasteiger partial charge >= 0.3 is 0 Å². The lowest BCUT2D eigenvalue weighted by Gasteiger charge is -2.25. The number of carbonyl (C=O) groups is 1. The summed E-state index contributed by atoms with van der Waals surface area (Å²) in [7, 11) is 0. The second kappa shape index (κ2) is 5.31. The molecule has 1 unspecified atom stereocenters. The van der Waals surface area contributed by atoms with Gasteiger partial charge in [0.15, 0.2) is 0 Å². The van der Waals surface area contributed by atoms with E-state index < -0.39 is 6.04 Å². The number of amides is 1. The van der Waals surface area contributed by atoms with Crippen molar-refractivity contribution in [2.45, 2.75) is 46.7 Å². The van der Waals surface area contributed by atoms with Crippen LogP contribution in [-0.4, -0.2) is 16.9 Å². The van der Waals surface area contributed by atoms with E-state index in [1.165, 1.54) is 0 Å². The summed E-state index contributed by atoms with van der Waals surface area (Å²) in [6, 6.07) is -0.539. The highest BCUT2D eigenvalue weighted by Crippen LogP contribution is 2.17. The number of oxazole rings is 1. The van der Waals surface area contributed by atoms with Gasteiger partial charge in [0, 0.05) is 6.42 Å². The predicted molar refractivity (Wildman–Crippen MR) is 65.2 cm³/mol. The summed E-state index contributed by atoms with van der Waals surface area (Å²) in [4.78, 5) is 15.8.